The van der Waals surface area contributed by atoms with Crippen LogP contribution in [0.3, 0.4) is 0 Å². The Morgan fingerprint density at radius 2 is 1.68 bits per heavy atom. The van der Waals surface area contributed by atoms with E-state index in [1.165, 1.54) is 4.31 Å². The second-order valence-corrected chi connectivity index (χ2v) is 9.78. The molecule has 7 heteroatoms. The topological polar surface area (TPSA) is 70.1 Å². The molecule has 0 aromatic heterocycles. The van der Waals surface area contributed by atoms with Gasteiger partial charge in [-0.05, 0) is 30.5 Å². The number of hydrogen-bond acceptors (Lipinski definition) is 5. The van der Waals surface area contributed by atoms with E-state index in [0.717, 1.165) is 29.4 Å². The number of fused-ring (bicyclic) bond motifs is 1. The summed E-state index contributed by atoms with van der Waals surface area (Å²) in [4.78, 5) is 2.32. The lowest BCUT2D eigenvalue weighted by atomic mass is 10.1. The summed E-state index contributed by atoms with van der Waals surface area (Å²) in [6.07, 6.45) is -0.836. The quantitative estimate of drug-likeness (QED) is 0.612. The van der Waals surface area contributed by atoms with Crippen LogP contribution in [0.25, 0.3) is 10.8 Å². The predicted octanol–water partition coefficient (Wildman–Crippen LogP) is 3.04. The van der Waals surface area contributed by atoms with Crippen molar-refractivity contribution >= 4 is 26.5 Å². The minimum atomic E-state index is -3.87. The molecule has 1 aliphatic rings. The number of aryl methyl sites for hydroxylation is 1. The van der Waals surface area contributed by atoms with Crippen molar-refractivity contribution in [3.63, 3.8) is 0 Å². The molecule has 1 atom stereocenters. The third-order valence-corrected chi connectivity index (χ3v) is 7.39. The van der Waals surface area contributed by atoms with Gasteiger partial charge in [0.05, 0.1) is 36.4 Å². The van der Waals surface area contributed by atoms with Crippen molar-refractivity contribution in [3.05, 3.63) is 72.3 Å². The van der Waals surface area contributed by atoms with Gasteiger partial charge in [-0.1, -0.05) is 54.1 Å². The third-order valence-electron chi connectivity index (χ3n) is 5.59. The molecule has 6 nitrogen and oxygen atoms in total. The molecule has 1 unspecified atom stereocenters. The first-order valence-corrected chi connectivity index (χ1v) is 11.9. The van der Waals surface area contributed by atoms with Gasteiger partial charge in [-0.25, -0.2) is 8.42 Å². The van der Waals surface area contributed by atoms with Crippen molar-refractivity contribution in [2.75, 3.05) is 43.7 Å². The fourth-order valence-electron chi connectivity index (χ4n) is 3.92. The molecule has 1 saturated heterocycles. The summed E-state index contributed by atoms with van der Waals surface area (Å²) in [5.74, 6) is 0. The standard InChI is InChI=1S/C24H28N2O4S/c1-19-9-11-22(12-10-19)31(28,29)26(18-21(27)17-25-13-15-30-16-14-25)24-8-4-6-20-5-2-3-7-23(20)24/h2-12,21,27H,13-18H2,1H3. The molecular weight excluding hydrogens is 412 g/mol. The molecular formula is C24H28N2O4S. The van der Waals surface area contributed by atoms with Crippen molar-refractivity contribution in [1.82, 2.24) is 4.90 Å². The van der Waals surface area contributed by atoms with E-state index < -0.39 is 16.1 Å². The summed E-state index contributed by atoms with van der Waals surface area (Å²) in [6.45, 7) is 5.01. The number of aliphatic hydroxyl groups excluding tert-OH is 1. The van der Waals surface area contributed by atoms with E-state index >= 15 is 0 Å². The SMILES string of the molecule is Cc1ccc(S(=O)(=O)N(CC(O)CN2CCOCC2)c2cccc3ccccc23)cc1. The van der Waals surface area contributed by atoms with Crippen LogP contribution >= 0.6 is 0 Å². The summed E-state index contributed by atoms with van der Waals surface area (Å²) in [5, 5.41) is 12.7. The molecule has 1 N–H and O–H groups in total. The molecule has 0 aliphatic carbocycles. The Morgan fingerprint density at radius 3 is 2.42 bits per heavy atom. The lowest BCUT2D eigenvalue weighted by Gasteiger charge is -2.32. The van der Waals surface area contributed by atoms with E-state index in [1.54, 1.807) is 30.3 Å². The van der Waals surface area contributed by atoms with Gasteiger partial charge in [0.1, 0.15) is 0 Å². The number of ether oxygens (including phenoxy) is 1. The number of aliphatic hydroxyl groups is 1. The first-order chi connectivity index (χ1) is 14.9. The average Bonchev–Trinajstić information content (AvgIpc) is 2.78. The van der Waals surface area contributed by atoms with Gasteiger partial charge in [-0.3, -0.25) is 9.21 Å². The lowest BCUT2D eigenvalue weighted by molar-refractivity contribution is 0.0166. The highest BCUT2D eigenvalue weighted by Gasteiger charge is 2.29. The Kier molecular flexibility index (Phi) is 6.57. The summed E-state index contributed by atoms with van der Waals surface area (Å²) in [5.41, 5.74) is 1.56. The number of β-amino-alcohol motifs (C(OH)–C–C–N with tert-alkyl or cyclic N) is 1. The van der Waals surface area contributed by atoms with E-state index in [2.05, 4.69) is 4.90 Å². The highest BCUT2D eigenvalue weighted by molar-refractivity contribution is 7.92. The Balaban J connectivity index is 1.72. The van der Waals surface area contributed by atoms with E-state index in [9.17, 15) is 13.5 Å². The van der Waals surface area contributed by atoms with E-state index in [-0.39, 0.29) is 11.4 Å². The zero-order chi connectivity index (χ0) is 21.8. The molecule has 31 heavy (non-hydrogen) atoms. The van der Waals surface area contributed by atoms with Crippen LogP contribution in [0, 0.1) is 6.92 Å². The average molecular weight is 441 g/mol. The molecule has 0 spiro atoms. The maximum atomic E-state index is 13.7. The fourth-order valence-corrected chi connectivity index (χ4v) is 5.44. The minimum absolute atomic E-state index is 0.0262. The van der Waals surface area contributed by atoms with Crippen molar-refractivity contribution in [3.8, 4) is 0 Å². The largest absolute Gasteiger partial charge is 0.390 e. The summed E-state index contributed by atoms with van der Waals surface area (Å²) in [7, 11) is -3.87. The van der Waals surface area contributed by atoms with Crippen molar-refractivity contribution < 1.29 is 18.3 Å². The monoisotopic (exact) mass is 440 g/mol. The molecule has 164 valence electrons. The number of sulfonamides is 1. The van der Waals surface area contributed by atoms with Gasteiger partial charge >= 0.3 is 0 Å². The normalized spacial score (nSPS) is 16.3. The second kappa shape index (κ2) is 9.36. The van der Waals surface area contributed by atoms with Crippen LogP contribution in [0.15, 0.2) is 71.6 Å². The number of rotatable bonds is 7. The van der Waals surface area contributed by atoms with Crippen molar-refractivity contribution in [1.29, 1.82) is 0 Å². The highest BCUT2D eigenvalue weighted by atomic mass is 32.2. The molecule has 3 aromatic carbocycles. The van der Waals surface area contributed by atoms with Crippen LogP contribution in [-0.2, 0) is 14.8 Å². The number of benzene rings is 3. The van der Waals surface area contributed by atoms with Crippen LogP contribution in [0.1, 0.15) is 5.56 Å². The van der Waals surface area contributed by atoms with Gasteiger partial charge in [-0.2, -0.15) is 0 Å². The van der Waals surface area contributed by atoms with Gasteiger partial charge in [0.25, 0.3) is 10.0 Å². The molecule has 0 amide bonds. The second-order valence-electron chi connectivity index (χ2n) is 7.91. The number of hydrogen-bond donors (Lipinski definition) is 1. The van der Waals surface area contributed by atoms with Gasteiger partial charge < -0.3 is 9.84 Å². The smallest absolute Gasteiger partial charge is 0.264 e. The first-order valence-electron chi connectivity index (χ1n) is 10.5. The van der Waals surface area contributed by atoms with Gasteiger partial charge in [-0.15, -0.1) is 0 Å². The van der Waals surface area contributed by atoms with Crippen molar-refractivity contribution in [2.45, 2.75) is 17.9 Å². The van der Waals surface area contributed by atoms with Crippen LogP contribution in [0.4, 0.5) is 5.69 Å². The molecule has 1 aliphatic heterocycles. The van der Waals surface area contributed by atoms with Crippen LogP contribution in [0.5, 0.6) is 0 Å². The first kappa shape index (κ1) is 21.8. The summed E-state index contributed by atoms with van der Waals surface area (Å²) >= 11 is 0. The third kappa shape index (κ3) is 4.91. The van der Waals surface area contributed by atoms with Gasteiger partial charge in [0.2, 0.25) is 0 Å². The Labute approximate surface area is 183 Å². The van der Waals surface area contributed by atoms with Gasteiger partial charge in [0.15, 0.2) is 0 Å². The Hall–Kier alpha value is -2.45. The predicted molar refractivity (Wildman–Crippen MR) is 123 cm³/mol. The molecule has 0 radical (unpaired) electrons. The molecule has 0 saturated carbocycles. The van der Waals surface area contributed by atoms with E-state index in [1.807, 2.05) is 43.3 Å². The molecule has 1 fully saturated rings. The number of anilines is 1. The van der Waals surface area contributed by atoms with Crippen LogP contribution < -0.4 is 4.31 Å². The van der Waals surface area contributed by atoms with Gasteiger partial charge in [0, 0.05) is 25.0 Å². The highest BCUT2D eigenvalue weighted by Crippen LogP contribution is 2.31. The minimum Gasteiger partial charge on any atom is -0.390 e. The molecule has 1 heterocycles. The molecule has 3 aromatic rings. The summed E-state index contributed by atoms with van der Waals surface area (Å²) in [6, 6.07) is 20.1. The van der Waals surface area contributed by atoms with Crippen molar-refractivity contribution in [2.24, 2.45) is 0 Å². The maximum Gasteiger partial charge on any atom is 0.264 e. The Morgan fingerprint density at radius 1 is 1.00 bits per heavy atom. The van der Waals surface area contributed by atoms with E-state index in [0.29, 0.717) is 25.4 Å². The fraction of sp³-hybridized carbons (Fsp3) is 0.333. The van der Waals surface area contributed by atoms with E-state index in [4.69, 9.17) is 4.74 Å². The van der Waals surface area contributed by atoms with Crippen LogP contribution in [-0.4, -0.2) is 63.9 Å². The maximum absolute atomic E-state index is 13.7. The zero-order valence-corrected chi connectivity index (χ0v) is 18.5. The van der Waals surface area contributed by atoms with Crippen LogP contribution in [0.2, 0.25) is 0 Å². The number of morpholine rings is 1. The Bertz CT molecular complexity index is 1120. The zero-order valence-electron chi connectivity index (χ0n) is 17.6. The summed E-state index contributed by atoms with van der Waals surface area (Å²) < 4.78 is 34.1. The lowest BCUT2D eigenvalue weighted by Crippen LogP contribution is -2.46. The number of nitrogens with zero attached hydrogens (tertiary/aromatic N) is 2. The molecule has 4 rings (SSSR count). The molecule has 0 bridgehead atoms.